The Morgan fingerprint density at radius 3 is 2.95 bits per heavy atom. The Morgan fingerprint density at radius 2 is 2.18 bits per heavy atom. The van der Waals surface area contributed by atoms with Crippen LogP contribution in [-0.2, 0) is 11.2 Å². The molecule has 1 amide bonds. The lowest BCUT2D eigenvalue weighted by Crippen LogP contribution is -2.40. The van der Waals surface area contributed by atoms with Gasteiger partial charge in [0.15, 0.2) is 0 Å². The minimum absolute atomic E-state index is 0.0290. The van der Waals surface area contributed by atoms with Crippen molar-refractivity contribution in [1.82, 2.24) is 14.9 Å². The molecule has 2 heterocycles. The zero-order chi connectivity index (χ0) is 15.4. The van der Waals surface area contributed by atoms with Gasteiger partial charge in [0.2, 0.25) is 5.91 Å². The second-order valence-electron chi connectivity index (χ2n) is 5.58. The first kappa shape index (κ1) is 14.6. The summed E-state index contributed by atoms with van der Waals surface area (Å²) in [5.74, 6) is -0.135. The topological polar surface area (TPSA) is 46.1 Å². The maximum absolute atomic E-state index is 13.7. The molecule has 0 bridgehead atoms. The van der Waals surface area contributed by atoms with Gasteiger partial charge in [0.1, 0.15) is 5.82 Å². The quantitative estimate of drug-likeness (QED) is 0.875. The van der Waals surface area contributed by atoms with Gasteiger partial charge in [-0.25, -0.2) is 4.39 Å². The van der Waals surface area contributed by atoms with Gasteiger partial charge in [0, 0.05) is 37.6 Å². The highest BCUT2D eigenvalue weighted by atomic mass is 19.1. The highest BCUT2D eigenvalue weighted by molar-refractivity contribution is 5.79. The molecule has 114 valence electrons. The van der Waals surface area contributed by atoms with Gasteiger partial charge in [-0.2, -0.15) is 0 Å². The Balaban J connectivity index is 1.67. The monoisotopic (exact) mass is 299 g/mol. The number of nitrogens with zero attached hydrogens (tertiary/aromatic N) is 3. The fourth-order valence-corrected chi connectivity index (χ4v) is 2.88. The smallest absolute Gasteiger partial charge is 0.227 e. The summed E-state index contributed by atoms with van der Waals surface area (Å²) in [6, 6.07) is 6.44. The van der Waals surface area contributed by atoms with Gasteiger partial charge < -0.3 is 4.90 Å². The van der Waals surface area contributed by atoms with Crippen LogP contribution in [0.5, 0.6) is 0 Å². The van der Waals surface area contributed by atoms with Crippen molar-refractivity contribution in [3.63, 3.8) is 0 Å². The molecule has 1 aliphatic rings. The number of amides is 1. The summed E-state index contributed by atoms with van der Waals surface area (Å²) in [6.07, 6.45) is 7.13. The number of hydrogen-bond acceptors (Lipinski definition) is 3. The largest absolute Gasteiger partial charge is 0.342 e. The summed E-state index contributed by atoms with van der Waals surface area (Å²) in [6.45, 7) is 1.36. The molecule has 1 aromatic carbocycles. The van der Waals surface area contributed by atoms with Crippen LogP contribution >= 0.6 is 0 Å². The predicted molar refractivity (Wildman–Crippen MR) is 80.7 cm³/mol. The number of carbonyl (C=O) groups excluding carboxylic acids is 1. The van der Waals surface area contributed by atoms with Crippen molar-refractivity contribution >= 4 is 5.91 Å². The summed E-state index contributed by atoms with van der Waals surface area (Å²) in [7, 11) is 0. The number of piperidine rings is 1. The van der Waals surface area contributed by atoms with Crippen LogP contribution in [0.25, 0.3) is 0 Å². The van der Waals surface area contributed by atoms with Gasteiger partial charge in [-0.3, -0.25) is 14.8 Å². The zero-order valence-corrected chi connectivity index (χ0v) is 12.3. The Labute approximate surface area is 129 Å². The van der Waals surface area contributed by atoms with Crippen molar-refractivity contribution in [2.24, 2.45) is 0 Å². The Hall–Kier alpha value is -2.30. The number of aromatic nitrogens is 2. The molecule has 5 heteroatoms. The van der Waals surface area contributed by atoms with Crippen molar-refractivity contribution < 1.29 is 9.18 Å². The molecule has 0 aliphatic carbocycles. The summed E-state index contributed by atoms with van der Waals surface area (Å²) in [5.41, 5.74) is 1.38. The Bertz CT molecular complexity index is 647. The van der Waals surface area contributed by atoms with Crippen LogP contribution in [0.4, 0.5) is 4.39 Å². The molecule has 3 rings (SSSR count). The second-order valence-corrected chi connectivity index (χ2v) is 5.58. The number of rotatable bonds is 3. The third kappa shape index (κ3) is 3.30. The van der Waals surface area contributed by atoms with Crippen LogP contribution in [0, 0.1) is 5.82 Å². The first-order valence-electron chi connectivity index (χ1n) is 7.51. The fourth-order valence-electron chi connectivity index (χ4n) is 2.88. The molecule has 1 aromatic heterocycles. The molecule has 2 aromatic rings. The minimum atomic E-state index is -0.321. The average molecular weight is 299 g/mol. The number of carbonyl (C=O) groups is 1. The zero-order valence-electron chi connectivity index (χ0n) is 12.3. The second kappa shape index (κ2) is 6.64. The number of likely N-dealkylation sites (tertiary alicyclic amines) is 1. The molecule has 1 saturated heterocycles. The highest BCUT2D eigenvalue weighted by Gasteiger charge is 2.26. The van der Waals surface area contributed by atoms with Crippen molar-refractivity contribution in [3.8, 4) is 0 Å². The Kier molecular flexibility index (Phi) is 4.42. The minimum Gasteiger partial charge on any atom is -0.342 e. The molecule has 0 N–H and O–H groups in total. The molecule has 22 heavy (non-hydrogen) atoms. The van der Waals surface area contributed by atoms with Gasteiger partial charge in [-0.15, -0.1) is 0 Å². The molecule has 1 unspecified atom stereocenters. The normalized spacial score (nSPS) is 18.2. The fraction of sp³-hybridized carbons (Fsp3) is 0.353. The van der Waals surface area contributed by atoms with Crippen LogP contribution < -0.4 is 0 Å². The summed E-state index contributed by atoms with van der Waals surface area (Å²) >= 11 is 0. The van der Waals surface area contributed by atoms with Crippen LogP contribution in [0.1, 0.15) is 30.0 Å². The van der Waals surface area contributed by atoms with Crippen molar-refractivity contribution in [1.29, 1.82) is 0 Å². The van der Waals surface area contributed by atoms with E-state index in [0.29, 0.717) is 12.1 Å². The molecular formula is C17H18FN3O. The van der Waals surface area contributed by atoms with E-state index in [2.05, 4.69) is 9.97 Å². The van der Waals surface area contributed by atoms with E-state index >= 15 is 0 Å². The molecule has 1 aliphatic heterocycles. The molecule has 0 radical (unpaired) electrons. The standard InChI is InChI=1S/C17H18FN3O/c18-15-6-2-1-4-13(15)10-17(22)21-9-3-5-14(12-21)16-11-19-7-8-20-16/h1-2,4,6-8,11,14H,3,5,9-10,12H2. The molecule has 0 spiro atoms. The van der Waals surface area contributed by atoms with E-state index in [9.17, 15) is 9.18 Å². The van der Waals surface area contributed by atoms with E-state index in [1.807, 2.05) is 4.90 Å². The summed E-state index contributed by atoms with van der Waals surface area (Å²) < 4.78 is 13.7. The first-order valence-corrected chi connectivity index (χ1v) is 7.51. The molecule has 0 saturated carbocycles. The van der Waals surface area contributed by atoms with E-state index < -0.39 is 0 Å². The third-order valence-corrected chi connectivity index (χ3v) is 4.08. The average Bonchev–Trinajstić information content (AvgIpc) is 2.58. The molecule has 4 nitrogen and oxygen atoms in total. The van der Waals surface area contributed by atoms with Gasteiger partial charge >= 0.3 is 0 Å². The SMILES string of the molecule is O=C(Cc1ccccc1F)N1CCCC(c2cnccn2)C1. The third-order valence-electron chi connectivity index (χ3n) is 4.08. The lowest BCUT2D eigenvalue weighted by molar-refractivity contribution is -0.131. The van der Waals surface area contributed by atoms with Gasteiger partial charge in [-0.1, -0.05) is 18.2 Å². The van der Waals surface area contributed by atoms with E-state index in [1.165, 1.54) is 6.07 Å². The van der Waals surface area contributed by atoms with Crippen LogP contribution in [0.15, 0.2) is 42.9 Å². The first-order chi connectivity index (χ1) is 10.7. The van der Waals surface area contributed by atoms with Crippen molar-refractivity contribution in [3.05, 3.63) is 59.9 Å². The molecule has 1 atom stereocenters. The van der Waals surface area contributed by atoms with Gasteiger partial charge in [0.25, 0.3) is 0 Å². The maximum Gasteiger partial charge on any atom is 0.227 e. The van der Waals surface area contributed by atoms with E-state index in [1.54, 1.807) is 36.8 Å². The van der Waals surface area contributed by atoms with E-state index in [4.69, 9.17) is 0 Å². The Morgan fingerprint density at radius 1 is 1.32 bits per heavy atom. The van der Waals surface area contributed by atoms with Crippen molar-refractivity contribution in [2.75, 3.05) is 13.1 Å². The van der Waals surface area contributed by atoms with E-state index in [-0.39, 0.29) is 24.1 Å². The molecule has 1 fully saturated rings. The molecular weight excluding hydrogens is 281 g/mol. The van der Waals surface area contributed by atoms with Gasteiger partial charge in [-0.05, 0) is 24.5 Å². The van der Waals surface area contributed by atoms with Crippen LogP contribution in [-0.4, -0.2) is 33.9 Å². The predicted octanol–water partition coefficient (Wildman–Crippen LogP) is 2.56. The van der Waals surface area contributed by atoms with Gasteiger partial charge in [0.05, 0.1) is 12.1 Å². The maximum atomic E-state index is 13.7. The number of hydrogen-bond donors (Lipinski definition) is 0. The number of benzene rings is 1. The van der Waals surface area contributed by atoms with Crippen LogP contribution in [0.3, 0.4) is 0 Å². The highest BCUT2D eigenvalue weighted by Crippen LogP contribution is 2.25. The number of halogens is 1. The summed E-state index contributed by atoms with van der Waals surface area (Å²) in [4.78, 5) is 22.7. The van der Waals surface area contributed by atoms with Crippen LogP contribution in [0.2, 0.25) is 0 Å². The van der Waals surface area contributed by atoms with E-state index in [0.717, 1.165) is 25.1 Å². The lowest BCUT2D eigenvalue weighted by Gasteiger charge is -2.32. The summed E-state index contributed by atoms with van der Waals surface area (Å²) in [5, 5.41) is 0. The van der Waals surface area contributed by atoms with Crippen molar-refractivity contribution in [2.45, 2.75) is 25.2 Å². The lowest BCUT2D eigenvalue weighted by atomic mass is 9.94.